The van der Waals surface area contributed by atoms with Crippen LogP contribution in [0, 0.1) is 13.8 Å². The highest BCUT2D eigenvalue weighted by atomic mass is 19.4. The van der Waals surface area contributed by atoms with Crippen molar-refractivity contribution in [3.63, 3.8) is 0 Å². The number of hydrogen-bond donors (Lipinski definition) is 0. The van der Waals surface area contributed by atoms with Crippen LogP contribution < -0.4 is 4.90 Å². The normalized spacial score (nSPS) is 12.8. The summed E-state index contributed by atoms with van der Waals surface area (Å²) in [4.78, 5) is 14.1. The van der Waals surface area contributed by atoms with Crippen molar-refractivity contribution in [3.8, 4) is 5.69 Å². The van der Waals surface area contributed by atoms with Crippen molar-refractivity contribution in [2.24, 2.45) is 0 Å². The van der Waals surface area contributed by atoms with Gasteiger partial charge in [0, 0.05) is 48.4 Å². The third kappa shape index (κ3) is 4.80. The molecule has 0 fully saturated rings. The second-order valence-corrected chi connectivity index (χ2v) is 7.57. The highest BCUT2D eigenvalue weighted by molar-refractivity contribution is 5.67. The first-order valence-electron chi connectivity index (χ1n) is 10.1. The van der Waals surface area contributed by atoms with Gasteiger partial charge in [-0.15, -0.1) is 0 Å². The van der Waals surface area contributed by atoms with E-state index in [0.29, 0.717) is 18.1 Å². The number of rotatable bonds is 2. The molecule has 1 aliphatic heterocycles. The molecule has 5 rings (SSSR count). The molecule has 32 heavy (non-hydrogen) atoms. The molecule has 0 unspecified atom stereocenters. The summed E-state index contributed by atoms with van der Waals surface area (Å²) in [6.07, 6.45) is 5.31. The van der Waals surface area contributed by atoms with Gasteiger partial charge < -0.3 is 9.47 Å². The van der Waals surface area contributed by atoms with Crippen molar-refractivity contribution in [1.82, 2.24) is 19.5 Å². The number of aromatic nitrogens is 4. The number of aryl methyl sites for hydroxylation is 2. The quantitative estimate of drug-likeness (QED) is 0.405. The van der Waals surface area contributed by atoms with Crippen molar-refractivity contribution in [1.29, 1.82) is 0 Å². The van der Waals surface area contributed by atoms with E-state index < -0.39 is 11.7 Å². The highest BCUT2D eigenvalue weighted by Crippen LogP contribution is 2.36. The van der Waals surface area contributed by atoms with Gasteiger partial charge in [-0.25, -0.2) is 9.97 Å². The molecular formula is C24H22F3N5. The molecule has 0 radical (unpaired) electrons. The molecule has 0 N–H and O–H groups in total. The molecule has 0 bridgehead atoms. The van der Waals surface area contributed by atoms with Crippen molar-refractivity contribution in [2.45, 2.75) is 26.4 Å². The fraction of sp³-hybridized carbons (Fsp3) is 0.208. The van der Waals surface area contributed by atoms with E-state index in [9.17, 15) is 13.2 Å². The largest absolute Gasteiger partial charge is 0.416 e. The first kappa shape index (κ1) is 21.5. The predicted octanol–water partition coefficient (Wildman–Crippen LogP) is 5.68. The zero-order chi connectivity index (χ0) is 22.7. The summed E-state index contributed by atoms with van der Waals surface area (Å²) >= 11 is 0. The summed E-state index contributed by atoms with van der Waals surface area (Å²) < 4.78 is 40.6. The number of nitrogens with zero attached hydrogens (tertiary/aromatic N) is 5. The number of halogens is 3. The Kier molecular flexibility index (Phi) is 5.94. The summed E-state index contributed by atoms with van der Waals surface area (Å²) in [5.74, 6) is 0.335. The Morgan fingerprint density at radius 2 is 1.81 bits per heavy atom. The number of hydrogen-bond acceptors (Lipinski definition) is 4. The number of anilines is 2. The highest BCUT2D eigenvalue weighted by Gasteiger charge is 2.32. The third-order valence-electron chi connectivity index (χ3n) is 5.12. The molecule has 0 spiro atoms. The number of pyridine rings is 2. The van der Waals surface area contributed by atoms with E-state index in [4.69, 9.17) is 0 Å². The fourth-order valence-electron chi connectivity index (χ4n) is 3.62. The van der Waals surface area contributed by atoms with Crippen LogP contribution in [-0.4, -0.2) is 26.1 Å². The van der Waals surface area contributed by atoms with Gasteiger partial charge in [-0.2, -0.15) is 13.2 Å². The SMILES string of the molecule is Cc1cc(C(F)(F)F)cc(N2CCc3cnccc32)n1.Cc1cccc(-n2ccnc2)c1. The van der Waals surface area contributed by atoms with Gasteiger partial charge in [0.05, 0.1) is 11.9 Å². The zero-order valence-electron chi connectivity index (χ0n) is 17.7. The van der Waals surface area contributed by atoms with Gasteiger partial charge in [0.15, 0.2) is 0 Å². The van der Waals surface area contributed by atoms with E-state index >= 15 is 0 Å². The minimum absolute atomic E-state index is 0.335. The molecule has 1 aromatic carbocycles. The summed E-state index contributed by atoms with van der Waals surface area (Å²) in [5.41, 5.74) is 4.03. The Morgan fingerprint density at radius 3 is 2.53 bits per heavy atom. The molecule has 8 heteroatoms. The van der Waals surface area contributed by atoms with Crippen LogP contribution in [0.15, 0.2) is 73.6 Å². The molecule has 0 saturated carbocycles. The fourth-order valence-corrected chi connectivity index (χ4v) is 3.62. The summed E-state index contributed by atoms with van der Waals surface area (Å²) in [5, 5.41) is 0. The Morgan fingerprint density at radius 1 is 0.969 bits per heavy atom. The Bertz CT molecular complexity index is 1200. The van der Waals surface area contributed by atoms with E-state index in [1.54, 1.807) is 42.8 Å². The van der Waals surface area contributed by atoms with Crippen LogP contribution in [0.3, 0.4) is 0 Å². The Hall–Kier alpha value is -3.68. The van der Waals surface area contributed by atoms with Crippen molar-refractivity contribution in [3.05, 3.63) is 96.0 Å². The lowest BCUT2D eigenvalue weighted by Crippen LogP contribution is -2.17. The molecule has 4 aromatic rings. The summed E-state index contributed by atoms with van der Waals surface area (Å²) in [7, 11) is 0. The van der Waals surface area contributed by atoms with Crippen molar-refractivity contribution in [2.75, 3.05) is 11.4 Å². The van der Waals surface area contributed by atoms with Crippen LogP contribution in [0.1, 0.15) is 22.4 Å². The van der Waals surface area contributed by atoms with E-state index in [0.717, 1.165) is 35.5 Å². The average Bonchev–Trinajstić information content (AvgIpc) is 3.43. The maximum Gasteiger partial charge on any atom is 0.416 e. The molecule has 5 nitrogen and oxygen atoms in total. The lowest BCUT2D eigenvalue weighted by atomic mass is 10.2. The smallest absolute Gasteiger partial charge is 0.326 e. The van der Waals surface area contributed by atoms with Crippen LogP contribution in [0.4, 0.5) is 24.7 Å². The molecule has 4 heterocycles. The third-order valence-corrected chi connectivity index (χ3v) is 5.12. The van der Waals surface area contributed by atoms with E-state index in [1.807, 2.05) is 16.8 Å². The van der Waals surface area contributed by atoms with Gasteiger partial charge in [0.2, 0.25) is 0 Å². The van der Waals surface area contributed by atoms with E-state index in [-0.39, 0.29) is 0 Å². The first-order chi connectivity index (χ1) is 15.3. The molecule has 1 aliphatic rings. The lowest BCUT2D eigenvalue weighted by Gasteiger charge is -2.20. The van der Waals surface area contributed by atoms with Crippen LogP contribution in [0.25, 0.3) is 5.69 Å². The van der Waals surface area contributed by atoms with E-state index in [2.05, 4.69) is 40.1 Å². The van der Waals surface area contributed by atoms with Gasteiger partial charge in [0.1, 0.15) is 5.82 Å². The monoisotopic (exact) mass is 437 g/mol. The maximum atomic E-state index is 12.9. The molecule has 0 atom stereocenters. The standard InChI is InChI=1S/C14H12F3N3.C10H10N2/c1-9-6-11(14(15,16)17)7-13(19-9)20-5-3-10-8-18-4-2-12(10)20;1-9-3-2-4-10(7-9)12-6-5-11-8-12/h2,4,6-8H,3,5H2,1H3;2-8H,1H3. The Balaban J connectivity index is 0.000000174. The molecule has 3 aromatic heterocycles. The maximum absolute atomic E-state index is 12.9. The van der Waals surface area contributed by atoms with Crippen LogP contribution in [-0.2, 0) is 12.6 Å². The van der Waals surface area contributed by atoms with Crippen molar-refractivity contribution < 1.29 is 13.2 Å². The molecule has 0 saturated heterocycles. The summed E-state index contributed by atoms with van der Waals surface area (Å²) in [6.45, 7) is 4.28. The molecule has 164 valence electrons. The molecule has 0 amide bonds. The number of alkyl halides is 3. The average molecular weight is 437 g/mol. The first-order valence-corrected chi connectivity index (χ1v) is 10.1. The molecular weight excluding hydrogens is 415 g/mol. The molecule has 0 aliphatic carbocycles. The minimum Gasteiger partial charge on any atom is -0.326 e. The van der Waals surface area contributed by atoms with Gasteiger partial charge in [-0.1, -0.05) is 12.1 Å². The Labute approximate surface area is 184 Å². The number of benzene rings is 1. The van der Waals surface area contributed by atoms with Crippen LogP contribution >= 0.6 is 0 Å². The second kappa shape index (κ2) is 8.82. The van der Waals surface area contributed by atoms with E-state index in [1.165, 1.54) is 5.56 Å². The van der Waals surface area contributed by atoms with Crippen LogP contribution in [0.5, 0.6) is 0 Å². The zero-order valence-corrected chi connectivity index (χ0v) is 17.7. The van der Waals surface area contributed by atoms with Crippen molar-refractivity contribution >= 4 is 11.5 Å². The number of imidazole rings is 1. The number of fused-ring (bicyclic) bond motifs is 1. The summed E-state index contributed by atoms with van der Waals surface area (Å²) in [6, 6.07) is 12.3. The van der Waals surface area contributed by atoms with Gasteiger partial charge >= 0.3 is 6.18 Å². The van der Waals surface area contributed by atoms with Crippen LogP contribution in [0.2, 0.25) is 0 Å². The topological polar surface area (TPSA) is 46.8 Å². The minimum atomic E-state index is -4.36. The van der Waals surface area contributed by atoms with Gasteiger partial charge in [0.25, 0.3) is 0 Å². The predicted molar refractivity (Wildman–Crippen MR) is 117 cm³/mol. The van der Waals surface area contributed by atoms with Gasteiger partial charge in [-0.3, -0.25) is 4.98 Å². The second-order valence-electron chi connectivity index (χ2n) is 7.57. The lowest BCUT2D eigenvalue weighted by molar-refractivity contribution is -0.137. The van der Waals surface area contributed by atoms with Gasteiger partial charge in [-0.05, 0) is 61.7 Å².